The Labute approximate surface area is 239 Å². The molecule has 4 aromatic carbocycles. The number of aromatic nitrogens is 4. The maximum atomic E-state index is 5.18. The van der Waals surface area contributed by atoms with E-state index in [1.807, 2.05) is 23.6 Å². The quantitative estimate of drug-likeness (QED) is 0.223. The Balaban J connectivity index is 1.40. The van der Waals surface area contributed by atoms with Gasteiger partial charge in [-0.15, -0.1) is 11.3 Å². The molecule has 4 nitrogen and oxygen atoms in total. The molecule has 0 amide bonds. The number of pyridine rings is 2. The van der Waals surface area contributed by atoms with Gasteiger partial charge >= 0.3 is 0 Å². The highest BCUT2D eigenvalue weighted by molar-refractivity contribution is 7.25. The molecule has 0 saturated carbocycles. The average molecular weight is 543 g/mol. The van der Waals surface area contributed by atoms with E-state index in [0.717, 1.165) is 33.8 Å². The minimum atomic E-state index is 0.891. The minimum Gasteiger partial charge on any atom is -0.316 e. The fraction of sp³-hybridized carbons (Fsp3) is 0. The lowest BCUT2D eigenvalue weighted by Gasteiger charge is -2.10. The molecule has 0 spiro atoms. The molecule has 41 heavy (non-hydrogen) atoms. The van der Waals surface area contributed by atoms with Gasteiger partial charge in [-0.1, -0.05) is 42.5 Å². The van der Waals surface area contributed by atoms with E-state index in [-0.39, 0.29) is 0 Å². The number of thiophene rings is 1. The molecule has 0 radical (unpaired) electrons. The molecule has 0 saturated heterocycles. The Hall–Kier alpha value is -5.26. The predicted octanol–water partition coefficient (Wildman–Crippen LogP) is 9.55. The van der Waals surface area contributed by atoms with Crippen molar-refractivity contribution in [2.45, 2.75) is 0 Å². The summed E-state index contributed by atoms with van der Waals surface area (Å²) in [6, 6.07) is 41.1. The zero-order valence-corrected chi connectivity index (χ0v) is 22.7. The molecule has 0 aliphatic carbocycles. The molecule has 0 atom stereocenters. The van der Waals surface area contributed by atoms with Crippen LogP contribution in [-0.2, 0) is 0 Å². The zero-order chi connectivity index (χ0) is 26.9. The minimum absolute atomic E-state index is 0.891. The summed E-state index contributed by atoms with van der Waals surface area (Å²) >= 11 is 1.86. The third-order valence-corrected chi connectivity index (χ3v) is 9.16. The first kappa shape index (κ1) is 22.5. The predicted molar refractivity (Wildman–Crippen MR) is 172 cm³/mol. The van der Waals surface area contributed by atoms with Crippen molar-refractivity contribution in [1.82, 2.24) is 19.1 Å². The molecule has 0 aliphatic heterocycles. The molecule has 9 rings (SSSR count). The van der Waals surface area contributed by atoms with Gasteiger partial charge < -0.3 is 4.57 Å². The Morgan fingerprint density at radius 2 is 1.44 bits per heavy atom. The van der Waals surface area contributed by atoms with E-state index in [1.54, 1.807) is 6.20 Å². The van der Waals surface area contributed by atoms with Gasteiger partial charge in [0.15, 0.2) is 0 Å². The molecular formula is C36H22N4S. The summed E-state index contributed by atoms with van der Waals surface area (Å²) in [6.45, 7) is 0. The van der Waals surface area contributed by atoms with Crippen LogP contribution in [-0.4, -0.2) is 19.1 Å². The van der Waals surface area contributed by atoms with Crippen LogP contribution in [0, 0.1) is 0 Å². The lowest BCUT2D eigenvalue weighted by molar-refractivity contribution is 1.08. The Morgan fingerprint density at radius 3 is 2.34 bits per heavy atom. The van der Waals surface area contributed by atoms with Gasteiger partial charge in [-0.3, -0.25) is 9.55 Å². The van der Waals surface area contributed by atoms with Crippen LogP contribution < -0.4 is 0 Å². The summed E-state index contributed by atoms with van der Waals surface area (Å²) in [5, 5.41) is 6.26. The molecule has 0 bridgehead atoms. The van der Waals surface area contributed by atoms with E-state index in [2.05, 4.69) is 130 Å². The second-order valence-corrected chi connectivity index (χ2v) is 11.5. The SMILES string of the molecule is c1ccc(-n2ccc3cc4c5cc6sc7ccccc7c6cc5n(-c5cccc(-c6cccnc6)n5)c4cc32)cc1. The normalized spacial score (nSPS) is 11.9. The molecule has 192 valence electrons. The lowest BCUT2D eigenvalue weighted by Crippen LogP contribution is -1.99. The standard InChI is InChI=1S/C36H22N4S/c1-2-9-25(10-3-1)39-17-15-23-18-27-28-20-35-29(26-11-4-5-13-34(26)41-35)19-32(28)40(33(27)21-31(23)39)36-14-6-12-30(38-36)24-8-7-16-37-22-24/h1-22H. The second-order valence-electron chi connectivity index (χ2n) is 10.4. The molecule has 0 fully saturated rings. The van der Waals surface area contributed by atoms with Crippen LogP contribution in [0.2, 0.25) is 0 Å². The molecule has 5 aromatic heterocycles. The summed E-state index contributed by atoms with van der Waals surface area (Å²) in [7, 11) is 0. The number of hydrogen-bond acceptors (Lipinski definition) is 3. The van der Waals surface area contributed by atoms with Crippen LogP contribution in [0.25, 0.3) is 75.6 Å². The molecule has 9 aromatic rings. The van der Waals surface area contributed by atoms with Gasteiger partial charge in [-0.2, -0.15) is 0 Å². The fourth-order valence-corrected chi connectivity index (χ4v) is 7.27. The van der Waals surface area contributed by atoms with Gasteiger partial charge in [0, 0.05) is 66.2 Å². The fourth-order valence-electron chi connectivity index (χ4n) is 6.15. The highest BCUT2D eigenvalue weighted by Crippen LogP contribution is 2.41. The van der Waals surface area contributed by atoms with Crippen molar-refractivity contribution in [3.8, 4) is 22.8 Å². The molecule has 5 heterocycles. The van der Waals surface area contributed by atoms with Crippen LogP contribution in [0.4, 0.5) is 0 Å². The summed E-state index contributed by atoms with van der Waals surface area (Å²) in [5.74, 6) is 0.891. The number of benzene rings is 4. The van der Waals surface area contributed by atoms with Crippen molar-refractivity contribution in [2.24, 2.45) is 0 Å². The number of hydrogen-bond donors (Lipinski definition) is 0. The van der Waals surface area contributed by atoms with Crippen LogP contribution in [0.5, 0.6) is 0 Å². The van der Waals surface area contributed by atoms with E-state index in [4.69, 9.17) is 4.98 Å². The monoisotopic (exact) mass is 542 g/mol. The van der Waals surface area contributed by atoms with Crippen molar-refractivity contribution < 1.29 is 0 Å². The molecule has 0 N–H and O–H groups in total. The maximum absolute atomic E-state index is 5.18. The van der Waals surface area contributed by atoms with Crippen molar-refractivity contribution in [1.29, 1.82) is 0 Å². The Bertz CT molecular complexity index is 2410. The van der Waals surface area contributed by atoms with Gasteiger partial charge in [0.1, 0.15) is 5.82 Å². The van der Waals surface area contributed by atoms with E-state index >= 15 is 0 Å². The summed E-state index contributed by atoms with van der Waals surface area (Å²) in [4.78, 5) is 9.51. The smallest absolute Gasteiger partial charge is 0.138 e. The number of fused-ring (bicyclic) bond motifs is 7. The molecule has 0 unspecified atom stereocenters. The van der Waals surface area contributed by atoms with E-state index in [9.17, 15) is 0 Å². The van der Waals surface area contributed by atoms with Gasteiger partial charge in [-0.25, -0.2) is 4.98 Å². The third kappa shape index (κ3) is 3.39. The summed E-state index contributed by atoms with van der Waals surface area (Å²) in [5.41, 5.74) is 6.52. The van der Waals surface area contributed by atoms with Gasteiger partial charge in [0.05, 0.1) is 22.2 Å². The summed E-state index contributed by atoms with van der Waals surface area (Å²) in [6.07, 6.45) is 5.83. The van der Waals surface area contributed by atoms with Crippen LogP contribution in [0.15, 0.2) is 134 Å². The van der Waals surface area contributed by atoms with Gasteiger partial charge in [-0.05, 0) is 72.8 Å². The number of nitrogens with zero attached hydrogens (tertiary/aromatic N) is 4. The van der Waals surface area contributed by atoms with Crippen LogP contribution in [0.3, 0.4) is 0 Å². The van der Waals surface area contributed by atoms with Gasteiger partial charge in [0.25, 0.3) is 0 Å². The van der Waals surface area contributed by atoms with Crippen LogP contribution >= 0.6 is 11.3 Å². The molecule has 5 heteroatoms. The van der Waals surface area contributed by atoms with Crippen molar-refractivity contribution in [3.05, 3.63) is 134 Å². The van der Waals surface area contributed by atoms with E-state index < -0.39 is 0 Å². The maximum Gasteiger partial charge on any atom is 0.138 e. The van der Waals surface area contributed by atoms with Crippen molar-refractivity contribution >= 4 is 64.2 Å². The zero-order valence-electron chi connectivity index (χ0n) is 21.9. The summed E-state index contributed by atoms with van der Waals surface area (Å²) < 4.78 is 7.21. The largest absolute Gasteiger partial charge is 0.316 e. The highest BCUT2D eigenvalue weighted by Gasteiger charge is 2.18. The van der Waals surface area contributed by atoms with Crippen LogP contribution in [0.1, 0.15) is 0 Å². The number of para-hydroxylation sites is 1. The third-order valence-electron chi connectivity index (χ3n) is 8.03. The van der Waals surface area contributed by atoms with Crippen molar-refractivity contribution in [2.75, 3.05) is 0 Å². The topological polar surface area (TPSA) is 35.6 Å². The Morgan fingerprint density at radius 1 is 0.585 bits per heavy atom. The van der Waals surface area contributed by atoms with E-state index in [1.165, 1.54) is 41.8 Å². The lowest BCUT2D eigenvalue weighted by atomic mass is 10.1. The van der Waals surface area contributed by atoms with E-state index in [0.29, 0.717) is 0 Å². The second kappa shape index (κ2) is 8.62. The highest BCUT2D eigenvalue weighted by atomic mass is 32.1. The molecule has 0 aliphatic rings. The average Bonchev–Trinajstić information content (AvgIpc) is 3.71. The first-order valence-corrected chi connectivity index (χ1v) is 14.5. The van der Waals surface area contributed by atoms with Crippen molar-refractivity contribution in [3.63, 3.8) is 0 Å². The first-order chi connectivity index (χ1) is 20.3. The van der Waals surface area contributed by atoms with Gasteiger partial charge in [0.2, 0.25) is 0 Å². The number of rotatable bonds is 3. The first-order valence-electron chi connectivity index (χ1n) is 13.7. The Kier molecular flexibility index (Phi) is 4.74. The molecular weight excluding hydrogens is 520 g/mol.